The van der Waals surface area contributed by atoms with Gasteiger partial charge < -0.3 is 9.15 Å². The Morgan fingerprint density at radius 2 is 2.24 bits per heavy atom. The van der Waals surface area contributed by atoms with Gasteiger partial charge >= 0.3 is 0 Å². The molecule has 0 bridgehead atoms. The Labute approximate surface area is 95.6 Å². The van der Waals surface area contributed by atoms with E-state index in [1.807, 2.05) is 0 Å². The summed E-state index contributed by atoms with van der Waals surface area (Å²) in [4.78, 5) is 9.72. The molecule has 1 aromatic heterocycles. The zero-order valence-corrected chi connectivity index (χ0v) is 8.63. The van der Waals surface area contributed by atoms with Gasteiger partial charge in [0.15, 0.2) is 11.6 Å². The molecule has 0 radical (unpaired) electrons. The Balaban J connectivity index is 2.09. The van der Waals surface area contributed by atoms with Crippen LogP contribution >= 0.6 is 0 Å². The number of nitro benzene ring substituents is 1. The van der Waals surface area contributed by atoms with E-state index < -0.39 is 10.7 Å². The lowest BCUT2D eigenvalue weighted by Gasteiger charge is -2.04. The molecule has 0 saturated heterocycles. The molecule has 6 heteroatoms. The Kier molecular flexibility index (Phi) is 3.04. The quantitative estimate of drug-likeness (QED) is 0.605. The second-order valence-corrected chi connectivity index (χ2v) is 3.24. The second kappa shape index (κ2) is 4.65. The number of nitro groups is 1. The third kappa shape index (κ3) is 2.60. The first-order valence-corrected chi connectivity index (χ1v) is 4.76. The van der Waals surface area contributed by atoms with Crippen molar-refractivity contribution in [1.29, 1.82) is 0 Å². The average Bonchev–Trinajstić information content (AvgIpc) is 2.80. The molecular weight excluding hydrogens is 229 g/mol. The van der Waals surface area contributed by atoms with Gasteiger partial charge in [0.25, 0.3) is 5.69 Å². The molecule has 0 fully saturated rings. The van der Waals surface area contributed by atoms with E-state index in [4.69, 9.17) is 9.15 Å². The zero-order chi connectivity index (χ0) is 12.3. The van der Waals surface area contributed by atoms with Crippen LogP contribution < -0.4 is 4.74 Å². The number of furan rings is 1. The molecular formula is C11H8FNO4. The van der Waals surface area contributed by atoms with E-state index in [2.05, 4.69) is 0 Å². The fourth-order valence-corrected chi connectivity index (χ4v) is 1.26. The fraction of sp³-hybridized carbons (Fsp3) is 0.0909. The van der Waals surface area contributed by atoms with Crippen molar-refractivity contribution in [2.24, 2.45) is 0 Å². The van der Waals surface area contributed by atoms with E-state index in [9.17, 15) is 14.5 Å². The van der Waals surface area contributed by atoms with Gasteiger partial charge in [-0.05, 0) is 18.2 Å². The third-order valence-corrected chi connectivity index (χ3v) is 2.08. The van der Waals surface area contributed by atoms with Crippen LogP contribution in [0.5, 0.6) is 5.75 Å². The largest absolute Gasteiger partial charge is 0.483 e. The molecule has 0 aliphatic heterocycles. The number of non-ortho nitro benzene ring substituents is 1. The number of nitrogens with zero attached hydrogens (tertiary/aromatic N) is 1. The molecule has 0 aliphatic carbocycles. The highest BCUT2D eigenvalue weighted by Crippen LogP contribution is 2.23. The fourth-order valence-electron chi connectivity index (χ4n) is 1.26. The number of hydrogen-bond donors (Lipinski definition) is 0. The van der Waals surface area contributed by atoms with Gasteiger partial charge in [-0.25, -0.2) is 4.39 Å². The van der Waals surface area contributed by atoms with E-state index in [1.165, 1.54) is 18.4 Å². The van der Waals surface area contributed by atoms with Gasteiger partial charge in [-0.2, -0.15) is 0 Å². The molecule has 2 aromatic rings. The van der Waals surface area contributed by atoms with Crippen LogP contribution in [-0.4, -0.2) is 4.92 Å². The van der Waals surface area contributed by atoms with Crippen LogP contribution in [0.2, 0.25) is 0 Å². The molecule has 2 rings (SSSR count). The van der Waals surface area contributed by atoms with Crippen LogP contribution in [0.3, 0.4) is 0 Å². The molecule has 0 N–H and O–H groups in total. The molecule has 0 atom stereocenters. The minimum absolute atomic E-state index is 0.0491. The Hall–Kier alpha value is -2.37. The summed E-state index contributed by atoms with van der Waals surface area (Å²) in [5, 5.41) is 10.4. The summed E-state index contributed by atoms with van der Waals surface area (Å²) in [5.74, 6) is -0.277. The van der Waals surface area contributed by atoms with E-state index >= 15 is 0 Å². The highest BCUT2D eigenvalue weighted by Gasteiger charge is 2.11. The lowest BCUT2D eigenvalue weighted by atomic mass is 10.3. The number of ether oxygens (including phenoxy) is 1. The molecule has 88 valence electrons. The average molecular weight is 237 g/mol. The van der Waals surface area contributed by atoms with E-state index in [1.54, 1.807) is 12.1 Å². The summed E-state index contributed by atoms with van der Waals surface area (Å²) in [5.41, 5.74) is -0.312. The highest BCUT2D eigenvalue weighted by atomic mass is 19.1. The van der Waals surface area contributed by atoms with Gasteiger partial charge in [0, 0.05) is 6.07 Å². The Morgan fingerprint density at radius 3 is 2.82 bits per heavy atom. The third-order valence-electron chi connectivity index (χ3n) is 2.08. The summed E-state index contributed by atoms with van der Waals surface area (Å²) in [6.07, 6.45) is 1.48. The maximum Gasteiger partial charge on any atom is 0.272 e. The van der Waals surface area contributed by atoms with Gasteiger partial charge in [-0.3, -0.25) is 10.1 Å². The van der Waals surface area contributed by atoms with Crippen LogP contribution in [0, 0.1) is 15.9 Å². The van der Waals surface area contributed by atoms with Crippen molar-refractivity contribution in [3.63, 3.8) is 0 Å². The number of rotatable bonds is 4. The number of benzene rings is 1. The topological polar surface area (TPSA) is 65.5 Å². The molecule has 0 unspecified atom stereocenters. The van der Waals surface area contributed by atoms with Gasteiger partial charge in [0.2, 0.25) is 0 Å². The first kappa shape index (κ1) is 11.1. The summed E-state index contributed by atoms with van der Waals surface area (Å²) < 4.78 is 23.5. The van der Waals surface area contributed by atoms with Crippen LogP contribution in [0.15, 0.2) is 41.0 Å². The predicted octanol–water partition coefficient (Wildman–Crippen LogP) is 2.91. The monoisotopic (exact) mass is 237 g/mol. The maximum atomic E-state index is 13.4. The maximum absolute atomic E-state index is 13.4. The van der Waals surface area contributed by atoms with Crippen LogP contribution in [-0.2, 0) is 6.61 Å². The lowest BCUT2D eigenvalue weighted by molar-refractivity contribution is -0.385. The van der Waals surface area contributed by atoms with E-state index in [0.717, 1.165) is 6.07 Å². The minimum atomic E-state index is -0.772. The van der Waals surface area contributed by atoms with Crippen molar-refractivity contribution in [2.45, 2.75) is 6.61 Å². The van der Waals surface area contributed by atoms with Crippen molar-refractivity contribution < 1.29 is 18.5 Å². The highest BCUT2D eigenvalue weighted by molar-refractivity contribution is 5.37. The van der Waals surface area contributed by atoms with Gasteiger partial charge in [0.05, 0.1) is 17.3 Å². The van der Waals surface area contributed by atoms with Crippen LogP contribution in [0.25, 0.3) is 0 Å². The van der Waals surface area contributed by atoms with Gasteiger partial charge in [0.1, 0.15) is 12.4 Å². The Morgan fingerprint density at radius 1 is 1.41 bits per heavy atom. The molecule has 1 aromatic carbocycles. The minimum Gasteiger partial charge on any atom is -0.483 e. The zero-order valence-electron chi connectivity index (χ0n) is 8.63. The second-order valence-electron chi connectivity index (χ2n) is 3.24. The first-order valence-electron chi connectivity index (χ1n) is 4.76. The predicted molar refractivity (Wildman–Crippen MR) is 56.1 cm³/mol. The van der Waals surface area contributed by atoms with Gasteiger partial charge in [-0.15, -0.1) is 0 Å². The number of halogens is 1. The van der Waals surface area contributed by atoms with Crippen LogP contribution in [0.4, 0.5) is 10.1 Å². The molecule has 0 spiro atoms. The molecule has 1 heterocycles. The lowest BCUT2D eigenvalue weighted by Crippen LogP contribution is -1.97. The van der Waals surface area contributed by atoms with Crippen molar-refractivity contribution in [1.82, 2.24) is 0 Å². The summed E-state index contributed by atoms with van der Waals surface area (Å²) in [7, 11) is 0. The molecule has 0 amide bonds. The van der Waals surface area contributed by atoms with Crippen molar-refractivity contribution in [3.05, 3.63) is 58.3 Å². The molecule has 0 saturated carbocycles. The molecule has 0 aliphatic rings. The van der Waals surface area contributed by atoms with Crippen LogP contribution in [0.1, 0.15) is 5.76 Å². The molecule has 5 nitrogen and oxygen atoms in total. The SMILES string of the molecule is O=[N+]([O-])c1ccc(OCc2ccco2)c(F)c1. The van der Waals surface area contributed by atoms with E-state index in [0.29, 0.717) is 5.76 Å². The van der Waals surface area contributed by atoms with E-state index in [-0.39, 0.29) is 18.0 Å². The smallest absolute Gasteiger partial charge is 0.272 e. The molecule has 17 heavy (non-hydrogen) atoms. The standard InChI is InChI=1S/C11H8FNO4/c12-10-6-8(13(14)15)3-4-11(10)17-7-9-2-1-5-16-9/h1-6H,7H2. The normalized spacial score (nSPS) is 10.2. The number of hydrogen-bond acceptors (Lipinski definition) is 4. The van der Waals surface area contributed by atoms with Crippen molar-refractivity contribution in [3.8, 4) is 5.75 Å². The summed E-state index contributed by atoms with van der Waals surface area (Å²) in [6, 6.07) is 6.59. The Bertz CT molecular complexity index is 524. The van der Waals surface area contributed by atoms with Crippen molar-refractivity contribution in [2.75, 3.05) is 0 Å². The summed E-state index contributed by atoms with van der Waals surface area (Å²) >= 11 is 0. The van der Waals surface area contributed by atoms with Gasteiger partial charge in [-0.1, -0.05) is 0 Å². The summed E-state index contributed by atoms with van der Waals surface area (Å²) in [6.45, 7) is 0.0712. The van der Waals surface area contributed by atoms with Crippen molar-refractivity contribution >= 4 is 5.69 Å². The first-order chi connectivity index (χ1) is 8.16.